The molecule has 0 saturated carbocycles. The van der Waals surface area contributed by atoms with Crippen molar-refractivity contribution >= 4 is 5.97 Å². The first-order chi connectivity index (χ1) is 10.6. The Morgan fingerprint density at radius 3 is 1.91 bits per heavy atom. The van der Waals surface area contributed by atoms with Crippen molar-refractivity contribution in [2.24, 2.45) is 5.92 Å². The molecule has 0 rings (SSSR count). The Hall–Kier alpha value is -0.790. The minimum Gasteiger partial charge on any atom is -0.462 e. The molecule has 130 valence electrons. The van der Waals surface area contributed by atoms with Gasteiger partial charge in [0.15, 0.2) is 0 Å². The zero-order chi connectivity index (χ0) is 16.6. The topological polar surface area (TPSA) is 26.3 Å². The lowest BCUT2D eigenvalue weighted by Crippen LogP contribution is -2.09. The van der Waals surface area contributed by atoms with Crippen LogP contribution in [0, 0.1) is 5.92 Å². The van der Waals surface area contributed by atoms with E-state index in [0.29, 0.717) is 18.1 Å². The van der Waals surface area contributed by atoms with Gasteiger partial charge in [-0.15, -0.1) is 0 Å². The number of rotatable bonds is 15. The number of hydrogen-bond donors (Lipinski definition) is 0. The summed E-state index contributed by atoms with van der Waals surface area (Å²) in [5, 5.41) is 0. The summed E-state index contributed by atoms with van der Waals surface area (Å²) in [4.78, 5) is 11.7. The van der Waals surface area contributed by atoms with E-state index in [0.717, 1.165) is 19.3 Å². The minimum atomic E-state index is -0.198. The maximum absolute atomic E-state index is 11.7. The number of carbonyl (C=O) groups is 1. The highest BCUT2D eigenvalue weighted by Gasteiger charge is 2.08. The quantitative estimate of drug-likeness (QED) is 0.197. The maximum Gasteiger partial charge on any atom is 0.333 e. The van der Waals surface area contributed by atoms with E-state index in [-0.39, 0.29) is 5.97 Å². The van der Waals surface area contributed by atoms with Gasteiger partial charge in [-0.2, -0.15) is 0 Å². The summed E-state index contributed by atoms with van der Waals surface area (Å²) >= 11 is 0. The molecule has 0 heterocycles. The molecule has 0 atom stereocenters. The van der Waals surface area contributed by atoms with Crippen molar-refractivity contribution < 1.29 is 9.53 Å². The molecule has 2 nitrogen and oxygen atoms in total. The molecule has 0 aromatic heterocycles. The molecule has 0 spiro atoms. The summed E-state index contributed by atoms with van der Waals surface area (Å²) in [5.41, 5.74) is 0.626. The van der Waals surface area contributed by atoms with E-state index in [1.165, 1.54) is 57.8 Å². The average Bonchev–Trinajstić information content (AvgIpc) is 2.49. The van der Waals surface area contributed by atoms with Crippen molar-refractivity contribution in [2.45, 2.75) is 97.8 Å². The average molecular weight is 311 g/mol. The predicted octanol–water partition coefficient (Wildman–Crippen LogP) is 6.44. The van der Waals surface area contributed by atoms with Gasteiger partial charge in [0.1, 0.15) is 0 Å². The molecule has 2 heteroatoms. The fourth-order valence-corrected chi connectivity index (χ4v) is 2.42. The van der Waals surface area contributed by atoms with Gasteiger partial charge in [-0.05, 0) is 25.2 Å². The second-order valence-corrected chi connectivity index (χ2v) is 6.85. The van der Waals surface area contributed by atoms with Crippen molar-refractivity contribution in [3.05, 3.63) is 12.2 Å². The van der Waals surface area contributed by atoms with Crippen molar-refractivity contribution in [1.82, 2.24) is 0 Å². The van der Waals surface area contributed by atoms with Crippen LogP contribution in [-0.2, 0) is 9.53 Å². The van der Waals surface area contributed by atoms with E-state index in [1.807, 2.05) is 0 Å². The Bertz CT molecular complexity index is 281. The molecular formula is C20H38O2. The van der Waals surface area contributed by atoms with Crippen LogP contribution in [0.5, 0.6) is 0 Å². The van der Waals surface area contributed by atoms with E-state index in [4.69, 9.17) is 4.74 Å². The summed E-state index contributed by atoms with van der Waals surface area (Å²) < 4.78 is 5.27. The molecule has 0 bridgehead atoms. The van der Waals surface area contributed by atoms with Gasteiger partial charge in [0.05, 0.1) is 6.61 Å². The lowest BCUT2D eigenvalue weighted by atomic mass is 10.0. The van der Waals surface area contributed by atoms with E-state index in [9.17, 15) is 4.79 Å². The SMILES string of the molecule is C=C(CCC(C)C)C(=O)OCCCCCCCCCCCC. The summed E-state index contributed by atoms with van der Waals surface area (Å²) in [7, 11) is 0. The zero-order valence-electron chi connectivity index (χ0n) is 15.3. The Kier molecular flexibility index (Phi) is 14.6. The normalized spacial score (nSPS) is 10.9. The molecule has 0 radical (unpaired) electrons. The number of ether oxygens (including phenoxy) is 1. The van der Waals surface area contributed by atoms with Crippen LogP contribution in [0.2, 0.25) is 0 Å². The standard InChI is InChI=1S/C20H38O2/c1-5-6-7-8-9-10-11-12-13-14-17-22-20(21)19(4)16-15-18(2)3/h18H,4-17H2,1-3H3. The van der Waals surface area contributed by atoms with Gasteiger partial charge < -0.3 is 4.74 Å². The third kappa shape index (κ3) is 14.2. The van der Waals surface area contributed by atoms with E-state index >= 15 is 0 Å². The maximum atomic E-state index is 11.7. The van der Waals surface area contributed by atoms with Crippen molar-refractivity contribution in [1.29, 1.82) is 0 Å². The van der Waals surface area contributed by atoms with Crippen LogP contribution in [0.25, 0.3) is 0 Å². The Morgan fingerprint density at radius 1 is 0.909 bits per heavy atom. The van der Waals surface area contributed by atoms with Gasteiger partial charge in [0, 0.05) is 5.57 Å². The second kappa shape index (κ2) is 15.1. The van der Waals surface area contributed by atoms with Crippen LogP contribution in [0.4, 0.5) is 0 Å². The zero-order valence-corrected chi connectivity index (χ0v) is 15.3. The molecule has 0 aromatic rings. The molecule has 0 N–H and O–H groups in total. The van der Waals surface area contributed by atoms with E-state index in [2.05, 4.69) is 27.4 Å². The van der Waals surface area contributed by atoms with Crippen molar-refractivity contribution in [3.63, 3.8) is 0 Å². The molecule has 0 unspecified atom stereocenters. The first-order valence-corrected chi connectivity index (χ1v) is 9.42. The van der Waals surface area contributed by atoms with Crippen LogP contribution in [-0.4, -0.2) is 12.6 Å². The fourth-order valence-electron chi connectivity index (χ4n) is 2.42. The molecule has 22 heavy (non-hydrogen) atoms. The first kappa shape index (κ1) is 21.2. The third-order valence-electron chi connectivity index (χ3n) is 4.04. The van der Waals surface area contributed by atoms with Crippen LogP contribution in [0.1, 0.15) is 97.8 Å². The highest BCUT2D eigenvalue weighted by molar-refractivity contribution is 5.87. The summed E-state index contributed by atoms with van der Waals surface area (Å²) in [6.45, 7) is 10.9. The van der Waals surface area contributed by atoms with Gasteiger partial charge in [-0.3, -0.25) is 0 Å². The monoisotopic (exact) mass is 310 g/mol. The summed E-state index contributed by atoms with van der Waals surface area (Å²) in [6.07, 6.45) is 14.7. The van der Waals surface area contributed by atoms with Gasteiger partial charge in [-0.25, -0.2) is 4.79 Å². The van der Waals surface area contributed by atoms with Gasteiger partial charge in [0.25, 0.3) is 0 Å². The highest BCUT2D eigenvalue weighted by atomic mass is 16.5. The molecule has 0 fully saturated rings. The lowest BCUT2D eigenvalue weighted by Gasteiger charge is -2.08. The second-order valence-electron chi connectivity index (χ2n) is 6.85. The molecular weight excluding hydrogens is 272 g/mol. The molecule has 0 aliphatic heterocycles. The summed E-state index contributed by atoms with van der Waals surface area (Å²) in [5.74, 6) is 0.406. The van der Waals surface area contributed by atoms with Crippen LogP contribution < -0.4 is 0 Å². The predicted molar refractivity (Wildman–Crippen MR) is 96.0 cm³/mol. The fraction of sp³-hybridized carbons (Fsp3) is 0.850. The number of hydrogen-bond acceptors (Lipinski definition) is 2. The van der Waals surface area contributed by atoms with Crippen LogP contribution >= 0.6 is 0 Å². The smallest absolute Gasteiger partial charge is 0.333 e. The minimum absolute atomic E-state index is 0.198. The van der Waals surface area contributed by atoms with Crippen LogP contribution in [0.3, 0.4) is 0 Å². The number of unbranched alkanes of at least 4 members (excludes halogenated alkanes) is 9. The molecule has 0 aromatic carbocycles. The third-order valence-corrected chi connectivity index (χ3v) is 4.04. The van der Waals surface area contributed by atoms with Gasteiger partial charge in [-0.1, -0.05) is 85.1 Å². The number of carbonyl (C=O) groups excluding carboxylic acids is 1. The van der Waals surface area contributed by atoms with Gasteiger partial charge >= 0.3 is 5.97 Å². The Balaban J connectivity index is 3.31. The Morgan fingerprint density at radius 2 is 1.41 bits per heavy atom. The van der Waals surface area contributed by atoms with E-state index < -0.39 is 0 Å². The number of esters is 1. The van der Waals surface area contributed by atoms with E-state index in [1.54, 1.807) is 0 Å². The lowest BCUT2D eigenvalue weighted by molar-refractivity contribution is -0.139. The summed E-state index contributed by atoms with van der Waals surface area (Å²) in [6, 6.07) is 0. The van der Waals surface area contributed by atoms with Crippen molar-refractivity contribution in [2.75, 3.05) is 6.61 Å². The first-order valence-electron chi connectivity index (χ1n) is 9.42. The molecule has 0 aliphatic rings. The highest BCUT2D eigenvalue weighted by Crippen LogP contribution is 2.12. The van der Waals surface area contributed by atoms with Crippen molar-refractivity contribution in [3.8, 4) is 0 Å². The molecule has 0 saturated heterocycles. The van der Waals surface area contributed by atoms with Gasteiger partial charge in [0.2, 0.25) is 0 Å². The van der Waals surface area contributed by atoms with Crippen LogP contribution in [0.15, 0.2) is 12.2 Å². The molecule has 0 aliphatic carbocycles. The Labute approximate surface area is 138 Å². The largest absolute Gasteiger partial charge is 0.462 e. The molecule has 0 amide bonds.